The number of carboxylic acids is 2. The third-order valence-electron chi connectivity index (χ3n) is 3.03. The van der Waals surface area contributed by atoms with Crippen LogP contribution in [0.2, 0.25) is 0 Å². The van der Waals surface area contributed by atoms with Crippen molar-refractivity contribution in [2.45, 2.75) is 18.2 Å². The maximum atomic E-state index is 9.77. The van der Waals surface area contributed by atoms with E-state index < -0.39 is 24.1 Å². The molecule has 0 saturated carbocycles. The number of benzene rings is 1. The highest BCUT2D eigenvalue weighted by molar-refractivity contribution is 5.83. The number of hydrogen-bond donors (Lipinski definition) is 5. The smallest absolute Gasteiger partial charge is 0.335 e. The summed E-state index contributed by atoms with van der Waals surface area (Å²) in [5.41, 5.74) is 2.61. The summed E-state index contributed by atoms with van der Waals surface area (Å²) in [6.45, 7) is 0.614. The van der Waals surface area contributed by atoms with Gasteiger partial charge in [0.25, 0.3) is 0 Å². The number of rotatable bonds is 5. The third kappa shape index (κ3) is 5.23. The highest BCUT2D eigenvalue weighted by Gasteiger charge is 2.29. The van der Waals surface area contributed by atoms with Crippen LogP contribution in [-0.4, -0.2) is 51.1 Å². The number of aliphatic carboxylic acids is 2. The zero-order chi connectivity index (χ0) is 17.4. The summed E-state index contributed by atoms with van der Waals surface area (Å²) < 4.78 is 0. The molecule has 0 aliphatic heterocycles. The van der Waals surface area contributed by atoms with E-state index in [-0.39, 0.29) is 0 Å². The van der Waals surface area contributed by atoms with Crippen molar-refractivity contribution in [3.8, 4) is 12.3 Å². The summed E-state index contributed by atoms with van der Waals surface area (Å²) in [5, 5.41) is 35.8. The van der Waals surface area contributed by atoms with Crippen LogP contribution in [-0.2, 0) is 9.59 Å². The van der Waals surface area contributed by atoms with E-state index in [1.54, 1.807) is 0 Å². The summed E-state index contributed by atoms with van der Waals surface area (Å²) in [5.74, 6) is -0.957. The Balaban J connectivity index is 0.000000241. The molecule has 0 fully saturated rings. The van der Waals surface area contributed by atoms with Crippen LogP contribution in [0.3, 0.4) is 0 Å². The average Bonchev–Trinajstić information content (AvgIpc) is 2.95. The summed E-state index contributed by atoms with van der Waals surface area (Å²) in [4.78, 5) is 19.5. The van der Waals surface area contributed by atoms with Gasteiger partial charge in [0, 0.05) is 0 Å². The SMILES string of the molecule is C#CCN[C@@H]1C=Cc2ccccc21.O=C(O)[C@H](O)[C@@H](O)C(=O)O. The molecule has 7 heteroatoms. The van der Waals surface area contributed by atoms with Crippen molar-refractivity contribution in [3.63, 3.8) is 0 Å². The van der Waals surface area contributed by atoms with Crippen LogP contribution in [0.25, 0.3) is 6.08 Å². The molecule has 5 N–H and O–H groups in total. The van der Waals surface area contributed by atoms with Gasteiger partial charge in [0.1, 0.15) is 0 Å². The van der Waals surface area contributed by atoms with Gasteiger partial charge in [-0.2, -0.15) is 0 Å². The van der Waals surface area contributed by atoms with Gasteiger partial charge in [-0.1, -0.05) is 42.3 Å². The molecule has 0 radical (unpaired) electrons. The van der Waals surface area contributed by atoms with E-state index in [1.807, 2.05) is 6.07 Å². The van der Waals surface area contributed by atoms with Crippen molar-refractivity contribution >= 4 is 18.0 Å². The van der Waals surface area contributed by atoms with Crippen molar-refractivity contribution in [1.82, 2.24) is 5.32 Å². The first kappa shape index (κ1) is 18.4. The molecule has 7 nitrogen and oxygen atoms in total. The van der Waals surface area contributed by atoms with Gasteiger partial charge in [-0.3, -0.25) is 5.32 Å². The maximum Gasteiger partial charge on any atom is 0.335 e. The Bertz CT molecular complexity index is 616. The zero-order valence-corrected chi connectivity index (χ0v) is 12.1. The van der Waals surface area contributed by atoms with E-state index in [9.17, 15) is 9.59 Å². The standard InChI is InChI=1S/C12H11N.C4H6O6/c1-2-9-13-12-8-7-10-5-3-4-6-11(10)12;5-1(3(7)8)2(6)4(9)10/h1,3-8,12-13H,9H2;1-2,5-6H,(H,7,8)(H,9,10)/t12-;1-,2-/m11/s1. The van der Waals surface area contributed by atoms with Crippen molar-refractivity contribution in [2.75, 3.05) is 6.54 Å². The van der Waals surface area contributed by atoms with Gasteiger partial charge in [-0.25, -0.2) is 9.59 Å². The summed E-state index contributed by atoms with van der Waals surface area (Å²) in [6.07, 6.45) is 4.93. The molecule has 122 valence electrons. The molecule has 1 aromatic carbocycles. The minimum absolute atomic E-state index is 0.298. The van der Waals surface area contributed by atoms with E-state index in [4.69, 9.17) is 26.8 Å². The van der Waals surface area contributed by atoms with Gasteiger partial charge in [0.15, 0.2) is 12.2 Å². The molecule has 23 heavy (non-hydrogen) atoms. The number of terminal acetylenes is 1. The van der Waals surface area contributed by atoms with Gasteiger partial charge in [-0.05, 0) is 11.1 Å². The molecular formula is C16H17NO6. The van der Waals surface area contributed by atoms with Crippen LogP contribution in [0, 0.1) is 12.3 Å². The fourth-order valence-corrected chi connectivity index (χ4v) is 1.87. The van der Waals surface area contributed by atoms with E-state index in [0.29, 0.717) is 12.6 Å². The molecule has 0 spiro atoms. The minimum atomic E-state index is -2.27. The highest BCUT2D eigenvalue weighted by atomic mass is 16.4. The van der Waals surface area contributed by atoms with Crippen molar-refractivity contribution in [3.05, 3.63) is 41.5 Å². The molecule has 1 aromatic rings. The average molecular weight is 319 g/mol. The minimum Gasteiger partial charge on any atom is -0.479 e. The second-order valence-electron chi connectivity index (χ2n) is 4.62. The molecular weight excluding hydrogens is 302 g/mol. The number of aliphatic hydroxyl groups excluding tert-OH is 2. The lowest BCUT2D eigenvalue weighted by Gasteiger charge is -2.10. The molecule has 0 saturated heterocycles. The van der Waals surface area contributed by atoms with E-state index in [2.05, 4.69) is 41.6 Å². The third-order valence-corrected chi connectivity index (χ3v) is 3.03. The highest BCUT2D eigenvalue weighted by Crippen LogP contribution is 2.27. The predicted octanol–water partition coefficient (Wildman–Crippen LogP) is -0.145. The Morgan fingerprint density at radius 2 is 1.74 bits per heavy atom. The Kier molecular flexibility index (Phi) is 6.96. The number of fused-ring (bicyclic) bond motifs is 1. The largest absolute Gasteiger partial charge is 0.479 e. The fourth-order valence-electron chi connectivity index (χ4n) is 1.87. The van der Waals surface area contributed by atoms with E-state index in [1.165, 1.54) is 11.1 Å². The van der Waals surface area contributed by atoms with E-state index >= 15 is 0 Å². The lowest BCUT2D eigenvalue weighted by molar-refractivity contribution is -0.165. The Labute approximate surface area is 132 Å². The van der Waals surface area contributed by atoms with Gasteiger partial charge >= 0.3 is 11.9 Å². The molecule has 2 rings (SSSR count). The van der Waals surface area contributed by atoms with Gasteiger partial charge in [0.2, 0.25) is 0 Å². The van der Waals surface area contributed by atoms with Crippen LogP contribution < -0.4 is 5.32 Å². The molecule has 3 atom stereocenters. The molecule has 0 amide bonds. The molecule has 1 aliphatic rings. The number of aliphatic hydroxyl groups is 2. The first-order valence-corrected chi connectivity index (χ1v) is 6.64. The van der Waals surface area contributed by atoms with Crippen molar-refractivity contribution in [2.24, 2.45) is 0 Å². The Hall–Kier alpha value is -2.66. The normalized spacial score (nSPS) is 17.2. The number of hydrogen-bond acceptors (Lipinski definition) is 5. The van der Waals surface area contributed by atoms with Crippen LogP contribution in [0.5, 0.6) is 0 Å². The van der Waals surface area contributed by atoms with Crippen LogP contribution in [0.15, 0.2) is 30.3 Å². The van der Waals surface area contributed by atoms with Gasteiger partial charge in [-0.15, -0.1) is 6.42 Å². The van der Waals surface area contributed by atoms with Crippen molar-refractivity contribution < 1.29 is 30.0 Å². The van der Waals surface area contributed by atoms with Crippen molar-refractivity contribution in [1.29, 1.82) is 0 Å². The van der Waals surface area contributed by atoms with Crippen LogP contribution in [0.1, 0.15) is 17.2 Å². The quantitative estimate of drug-likeness (QED) is 0.478. The number of nitrogens with one attached hydrogen (secondary N) is 1. The first-order valence-electron chi connectivity index (χ1n) is 6.64. The first-order chi connectivity index (χ1) is 10.9. The molecule has 0 unspecified atom stereocenters. The predicted molar refractivity (Wildman–Crippen MR) is 82.3 cm³/mol. The second-order valence-corrected chi connectivity index (χ2v) is 4.62. The molecule has 1 aliphatic carbocycles. The molecule has 0 aromatic heterocycles. The Morgan fingerprint density at radius 1 is 1.17 bits per heavy atom. The summed E-state index contributed by atoms with van der Waals surface area (Å²) >= 11 is 0. The Morgan fingerprint density at radius 3 is 2.26 bits per heavy atom. The lowest BCUT2D eigenvalue weighted by atomic mass is 10.1. The maximum absolute atomic E-state index is 9.77. The van der Waals surface area contributed by atoms with Crippen LogP contribution in [0.4, 0.5) is 0 Å². The van der Waals surface area contributed by atoms with Gasteiger partial charge in [0.05, 0.1) is 12.6 Å². The monoisotopic (exact) mass is 319 g/mol. The molecule has 0 bridgehead atoms. The van der Waals surface area contributed by atoms with Gasteiger partial charge < -0.3 is 20.4 Å². The topological polar surface area (TPSA) is 127 Å². The zero-order valence-electron chi connectivity index (χ0n) is 12.1. The molecule has 0 heterocycles. The van der Waals surface area contributed by atoms with E-state index in [0.717, 1.165) is 0 Å². The number of carboxylic acid groups (broad SMARTS) is 2. The summed E-state index contributed by atoms with van der Waals surface area (Å²) in [6, 6.07) is 8.64. The second kappa shape index (κ2) is 8.70. The lowest BCUT2D eigenvalue weighted by Crippen LogP contribution is -2.39. The number of carbonyl (C=O) groups is 2. The summed E-state index contributed by atoms with van der Waals surface area (Å²) in [7, 11) is 0. The van der Waals surface area contributed by atoms with Crippen LogP contribution >= 0.6 is 0 Å². The fraction of sp³-hybridized carbons (Fsp3) is 0.250.